The maximum absolute atomic E-state index is 16.6. The molecule has 7 rings (SSSR count). The van der Waals surface area contributed by atoms with E-state index in [4.69, 9.17) is 9.72 Å². The second kappa shape index (κ2) is 10.9. The van der Waals surface area contributed by atoms with Crippen LogP contribution >= 0.6 is 0 Å². The minimum absolute atomic E-state index is 0.0140. The fourth-order valence-corrected chi connectivity index (χ4v) is 6.78. The summed E-state index contributed by atoms with van der Waals surface area (Å²) in [6.45, 7) is 5.86. The van der Waals surface area contributed by atoms with Crippen LogP contribution in [0.15, 0.2) is 54.9 Å². The Kier molecular flexibility index (Phi) is 6.93. The van der Waals surface area contributed by atoms with Crippen LogP contribution in [0.3, 0.4) is 0 Å². The number of aromatic amines is 1. The molecular formula is C32H33F2N7O. The number of hydrogen-bond donors (Lipinski definition) is 1. The van der Waals surface area contributed by atoms with Crippen LogP contribution in [0.4, 0.5) is 14.6 Å². The molecule has 216 valence electrons. The lowest BCUT2D eigenvalue weighted by molar-refractivity contribution is 0.108. The molecular weight excluding hydrogens is 536 g/mol. The molecule has 0 aliphatic carbocycles. The summed E-state index contributed by atoms with van der Waals surface area (Å²) in [4.78, 5) is 18.6. The third kappa shape index (κ3) is 4.63. The minimum atomic E-state index is -0.628. The predicted octanol–water partition coefficient (Wildman–Crippen LogP) is 6.27. The second-order valence-electron chi connectivity index (χ2n) is 11.4. The minimum Gasteiger partial charge on any atom is -0.461 e. The van der Waals surface area contributed by atoms with E-state index >= 15 is 8.78 Å². The van der Waals surface area contributed by atoms with Gasteiger partial charge in [0.1, 0.15) is 29.5 Å². The van der Waals surface area contributed by atoms with Crippen molar-refractivity contribution < 1.29 is 13.5 Å². The second-order valence-corrected chi connectivity index (χ2v) is 11.4. The summed E-state index contributed by atoms with van der Waals surface area (Å²) < 4.78 is 37.9. The van der Waals surface area contributed by atoms with Crippen LogP contribution in [-0.4, -0.2) is 61.8 Å². The van der Waals surface area contributed by atoms with Crippen molar-refractivity contribution in [2.75, 3.05) is 31.1 Å². The molecule has 0 atom stereocenters. The fraction of sp³-hybridized carbons (Fsp3) is 0.375. The van der Waals surface area contributed by atoms with Crippen LogP contribution < -0.4 is 9.64 Å². The number of fused-ring (bicyclic) bond motifs is 3. The first-order chi connectivity index (χ1) is 20.6. The van der Waals surface area contributed by atoms with Crippen LogP contribution in [0.25, 0.3) is 32.9 Å². The highest BCUT2D eigenvalue weighted by atomic mass is 19.1. The molecule has 0 radical (unpaired) electrons. The first-order valence-electron chi connectivity index (χ1n) is 14.7. The Hall–Kier alpha value is -4.18. The van der Waals surface area contributed by atoms with Gasteiger partial charge < -0.3 is 9.64 Å². The van der Waals surface area contributed by atoms with Gasteiger partial charge in [-0.05, 0) is 62.7 Å². The summed E-state index contributed by atoms with van der Waals surface area (Å²) in [6.07, 6.45) is 8.58. The molecule has 3 aromatic heterocycles. The standard InChI is InChI=1S/C32H33F2N7O/c1-2-15-40(19-22-11-14-36-39-22)30-24-18-35-28(23-9-3-7-21-8-4-10-25(33)26(21)23)27(34)29(24)37-31(38-30)42-20-32-12-5-16-41(32)17-6-13-32/h3-4,7-11,14,18H,2,5-6,12-13,15-17,19-20H2,1H3,(H,36,39). The van der Waals surface area contributed by atoms with Crippen molar-refractivity contribution >= 4 is 27.5 Å². The number of aromatic nitrogens is 5. The average Bonchev–Trinajstić information content (AvgIpc) is 3.74. The van der Waals surface area contributed by atoms with Crippen molar-refractivity contribution in [3.63, 3.8) is 0 Å². The highest BCUT2D eigenvalue weighted by Crippen LogP contribution is 2.40. The number of H-pyrrole nitrogens is 1. The van der Waals surface area contributed by atoms with Gasteiger partial charge in [-0.3, -0.25) is 15.0 Å². The van der Waals surface area contributed by atoms with Crippen LogP contribution in [0, 0.1) is 11.6 Å². The first kappa shape index (κ1) is 26.7. The molecule has 0 amide bonds. The first-order valence-corrected chi connectivity index (χ1v) is 14.7. The number of pyridine rings is 1. The summed E-state index contributed by atoms with van der Waals surface area (Å²) in [7, 11) is 0. The summed E-state index contributed by atoms with van der Waals surface area (Å²) in [6, 6.07) is 12.2. The average molecular weight is 570 g/mol. The molecule has 0 saturated carbocycles. The number of nitrogens with zero attached hydrogens (tertiary/aromatic N) is 6. The molecule has 2 aromatic carbocycles. The quantitative estimate of drug-likeness (QED) is 0.224. The fourth-order valence-electron chi connectivity index (χ4n) is 6.78. The normalized spacial score (nSPS) is 16.4. The Balaban J connectivity index is 1.37. The molecule has 5 heterocycles. The van der Waals surface area contributed by atoms with E-state index < -0.39 is 11.6 Å². The van der Waals surface area contributed by atoms with E-state index in [0.717, 1.165) is 50.9 Å². The number of benzene rings is 2. The molecule has 2 saturated heterocycles. The molecule has 2 aliphatic rings. The van der Waals surface area contributed by atoms with Crippen molar-refractivity contribution in [1.82, 2.24) is 30.0 Å². The molecule has 0 unspecified atom stereocenters. The van der Waals surface area contributed by atoms with Gasteiger partial charge in [-0.25, -0.2) is 8.78 Å². The van der Waals surface area contributed by atoms with Gasteiger partial charge in [0.25, 0.3) is 0 Å². The van der Waals surface area contributed by atoms with Crippen LogP contribution in [-0.2, 0) is 6.54 Å². The van der Waals surface area contributed by atoms with E-state index in [1.54, 1.807) is 42.7 Å². The lowest BCUT2D eigenvalue weighted by Crippen LogP contribution is -2.43. The van der Waals surface area contributed by atoms with Gasteiger partial charge in [0.15, 0.2) is 5.82 Å². The zero-order valence-corrected chi connectivity index (χ0v) is 23.6. The lowest BCUT2D eigenvalue weighted by Gasteiger charge is -2.31. The third-order valence-corrected chi connectivity index (χ3v) is 8.75. The number of ether oxygens (including phenoxy) is 1. The van der Waals surface area contributed by atoms with Crippen molar-refractivity contribution in [2.45, 2.75) is 51.1 Å². The van der Waals surface area contributed by atoms with E-state index in [9.17, 15) is 0 Å². The van der Waals surface area contributed by atoms with Crippen molar-refractivity contribution in [1.29, 1.82) is 0 Å². The van der Waals surface area contributed by atoms with Gasteiger partial charge in [0.2, 0.25) is 0 Å². The highest BCUT2D eigenvalue weighted by molar-refractivity contribution is 5.99. The van der Waals surface area contributed by atoms with E-state index in [0.29, 0.717) is 47.2 Å². The van der Waals surface area contributed by atoms with Crippen LogP contribution in [0.2, 0.25) is 0 Å². The number of rotatable bonds is 9. The van der Waals surface area contributed by atoms with Gasteiger partial charge in [-0.1, -0.05) is 37.3 Å². The smallest absolute Gasteiger partial charge is 0.319 e. The topological polar surface area (TPSA) is 83.1 Å². The monoisotopic (exact) mass is 569 g/mol. The number of halogens is 2. The van der Waals surface area contributed by atoms with Crippen molar-refractivity contribution in [2.24, 2.45) is 0 Å². The number of anilines is 1. The Bertz CT molecular complexity index is 1730. The van der Waals surface area contributed by atoms with Gasteiger partial charge >= 0.3 is 6.01 Å². The molecule has 10 heteroatoms. The number of nitrogens with one attached hydrogen (secondary N) is 1. The third-order valence-electron chi connectivity index (χ3n) is 8.75. The lowest BCUT2D eigenvalue weighted by atomic mass is 9.95. The Morgan fingerprint density at radius 2 is 1.86 bits per heavy atom. The zero-order valence-electron chi connectivity index (χ0n) is 23.6. The number of hydrogen-bond acceptors (Lipinski definition) is 7. The predicted molar refractivity (Wildman–Crippen MR) is 158 cm³/mol. The highest BCUT2D eigenvalue weighted by Gasteiger charge is 2.45. The Labute approximate surface area is 242 Å². The van der Waals surface area contributed by atoms with Crippen molar-refractivity contribution in [3.8, 4) is 17.3 Å². The summed E-state index contributed by atoms with van der Waals surface area (Å²) in [5, 5.41) is 8.57. The summed E-state index contributed by atoms with van der Waals surface area (Å²) in [5.41, 5.74) is 1.41. The van der Waals surface area contributed by atoms with Gasteiger partial charge in [-0.15, -0.1) is 0 Å². The van der Waals surface area contributed by atoms with E-state index in [1.807, 2.05) is 6.07 Å². The zero-order chi connectivity index (χ0) is 28.7. The molecule has 1 N–H and O–H groups in total. The molecule has 0 spiro atoms. The molecule has 8 nitrogen and oxygen atoms in total. The van der Waals surface area contributed by atoms with E-state index in [-0.39, 0.29) is 22.8 Å². The maximum Gasteiger partial charge on any atom is 0.319 e. The molecule has 5 aromatic rings. The van der Waals surface area contributed by atoms with E-state index in [2.05, 4.69) is 36.9 Å². The maximum atomic E-state index is 16.6. The summed E-state index contributed by atoms with van der Waals surface area (Å²) in [5.74, 6) is -0.514. The summed E-state index contributed by atoms with van der Waals surface area (Å²) >= 11 is 0. The molecule has 2 fully saturated rings. The SMILES string of the molecule is CCCN(Cc1ccn[nH]1)c1nc(OCC23CCCN2CCC3)nc2c(F)c(-c3cccc4cccc(F)c34)ncc12. The van der Waals surface area contributed by atoms with Crippen LogP contribution in [0.5, 0.6) is 6.01 Å². The van der Waals surface area contributed by atoms with Gasteiger partial charge in [-0.2, -0.15) is 15.1 Å². The van der Waals surface area contributed by atoms with Gasteiger partial charge in [0, 0.05) is 29.9 Å². The Morgan fingerprint density at radius 3 is 2.62 bits per heavy atom. The molecule has 2 aliphatic heterocycles. The molecule has 42 heavy (non-hydrogen) atoms. The largest absolute Gasteiger partial charge is 0.461 e. The van der Waals surface area contributed by atoms with E-state index in [1.165, 1.54) is 6.07 Å². The van der Waals surface area contributed by atoms with Crippen LogP contribution in [0.1, 0.15) is 44.7 Å². The van der Waals surface area contributed by atoms with Crippen molar-refractivity contribution in [3.05, 3.63) is 72.2 Å². The van der Waals surface area contributed by atoms with Gasteiger partial charge in [0.05, 0.1) is 23.2 Å². The Morgan fingerprint density at radius 1 is 1.05 bits per heavy atom. The molecule has 0 bridgehead atoms.